The normalized spacial score (nSPS) is 19.2. The topological polar surface area (TPSA) is 71.3 Å². The maximum atomic E-state index is 12.5. The lowest BCUT2D eigenvalue weighted by atomic mass is 10.2. The molecule has 1 unspecified atom stereocenters. The van der Waals surface area contributed by atoms with Gasteiger partial charge >= 0.3 is 0 Å². The number of hydrogen-bond donors (Lipinski definition) is 2. The van der Waals surface area contributed by atoms with Gasteiger partial charge in [-0.15, -0.1) is 0 Å². The van der Waals surface area contributed by atoms with Crippen molar-refractivity contribution in [3.05, 3.63) is 23.5 Å². The van der Waals surface area contributed by atoms with Crippen molar-refractivity contribution in [3.8, 4) is 0 Å². The van der Waals surface area contributed by atoms with Gasteiger partial charge in [0.25, 0.3) is 5.91 Å². The molecule has 2 aliphatic rings. The van der Waals surface area contributed by atoms with Gasteiger partial charge in [-0.25, -0.2) is 9.50 Å². The average Bonchev–Trinajstić information content (AvgIpc) is 3.37. The maximum absolute atomic E-state index is 12.5. The molecule has 0 aromatic carbocycles. The van der Waals surface area contributed by atoms with E-state index in [9.17, 15) is 4.79 Å². The first-order valence-electron chi connectivity index (χ1n) is 8.04. The van der Waals surface area contributed by atoms with Gasteiger partial charge in [0.1, 0.15) is 11.4 Å². The minimum absolute atomic E-state index is 0.0788. The summed E-state index contributed by atoms with van der Waals surface area (Å²) < 4.78 is 1.73. The number of aromatic nitrogens is 3. The number of carbonyl (C=O) groups excluding carboxylic acids is 1. The smallest absolute Gasteiger partial charge is 0.256 e. The van der Waals surface area contributed by atoms with Crippen LogP contribution in [0.4, 0.5) is 5.82 Å². The molecule has 2 fully saturated rings. The van der Waals surface area contributed by atoms with E-state index in [4.69, 9.17) is 0 Å². The average molecular weight is 299 g/mol. The van der Waals surface area contributed by atoms with Crippen molar-refractivity contribution in [1.29, 1.82) is 0 Å². The van der Waals surface area contributed by atoms with Gasteiger partial charge in [-0.05, 0) is 45.4 Å². The van der Waals surface area contributed by atoms with Gasteiger partial charge in [0.05, 0.1) is 6.20 Å². The first kappa shape index (κ1) is 13.5. The van der Waals surface area contributed by atoms with Crippen LogP contribution in [0.25, 0.3) is 5.65 Å². The van der Waals surface area contributed by atoms with E-state index in [1.165, 1.54) is 25.7 Å². The van der Waals surface area contributed by atoms with E-state index in [1.807, 2.05) is 13.0 Å². The molecule has 2 N–H and O–H groups in total. The molecule has 116 valence electrons. The van der Waals surface area contributed by atoms with Gasteiger partial charge in [0.15, 0.2) is 5.65 Å². The summed E-state index contributed by atoms with van der Waals surface area (Å²) >= 11 is 0. The highest BCUT2D eigenvalue weighted by atomic mass is 16.1. The van der Waals surface area contributed by atoms with Crippen LogP contribution in [-0.2, 0) is 0 Å². The molecule has 6 heteroatoms. The van der Waals surface area contributed by atoms with Crippen molar-refractivity contribution in [1.82, 2.24) is 19.9 Å². The Morgan fingerprint density at radius 2 is 2.14 bits per heavy atom. The van der Waals surface area contributed by atoms with Crippen LogP contribution in [0.5, 0.6) is 0 Å². The van der Waals surface area contributed by atoms with Crippen LogP contribution in [0.1, 0.15) is 48.7 Å². The van der Waals surface area contributed by atoms with Gasteiger partial charge in [0, 0.05) is 23.8 Å². The maximum Gasteiger partial charge on any atom is 0.256 e. The van der Waals surface area contributed by atoms with Crippen molar-refractivity contribution in [2.24, 2.45) is 5.92 Å². The monoisotopic (exact) mass is 299 g/mol. The molecule has 22 heavy (non-hydrogen) atoms. The van der Waals surface area contributed by atoms with E-state index in [2.05, 4.69) is 27.6 Å². The Bertz CT molecular complexity index is 729. The van der Waals surface area contributed by atoms with Crippen LogP contribution in [0.2, 0.25) is 0 Å². The van der Waals surface area contributed by atoms with Crippen LogP contribution in [0.15, 0.2) is 12.3 Å². The predicted octanol–water partition coefficient (Wildman–Crippen LogP) is 2.14. The Labute approximate surface area is 129 Å². The molecule has 4 rings (SSSR count). The summed E-state index contributed by atoms with van der Waals surface area (Å²) in [6.45, 7) is 4.05. The van der Waals surface area contributed by atoms with Crippen LogP contribution in [0.3, 0.4) is 0 Å². The minimum atomic E-state index is -0.0788. The first-order chi connectivity index (χ1) is 10.6. The second-order valence-electron chi connectivity index (χ2n) is 6.59. The van der Waals surface area contributed by atoms with Crippen molar-refractivity contribution >= 4 is 17.4 Å². The molecule has 0 spiro atoms. The lowest BCUT2D eigenvalue weighted by Crippen LogP contribution is -2.34. The van der Waals surface area contributed by atoms with E-state index < -0.39 is 0 Å². The third-order valence-corrected chi connectivity index (χ3v) is 4.51. The Morgan fingerprint density at radius 1 is 1.36 bits per heavy atom. The van der Waals surface area contributed by atoms with Gasteiger partial charge in [-0.1, -0.05) is 0 Å². The second-order valence-corrected chi connectivity index (χ2v) is 6.59. The summed E-state index contributed by atoms with van der Waals surface area (Å²) in [6.07, 6.45) is 6.42. The van der Waals surface area contributed by atoms with Crippen molar-refractivity contribution in [2.45, 2.75) is 51.6 Å². The summed E-state index contributed by atoms with van der Waals surface area (Å²) in [5.74, 6) is 1.38. The highest BCUT2D eigenvalue weighted by Crippen LogP contribution is 2.32. The highest BCUT2D eigenvalue weighted by Gasteiger charge is 2.30. The van der Waals surface area contributed by atoms with Crippen molar-refractivity contribution < 1.29 is 4.79 Å². The van der Waals surface area contributed by atoms with Gasteiger partial charge in [-0.2, -0.15) is 5.10 Å². The minimum Gasteiger partial charge on any atom is -0.367 e. The number of nitrogens with one attached hydrogen (secondary N) is 2. The highest BCUT2D eigenvalue weighted by molar-refractivity contribution is 6.00. The quantitative estimate of drug-likeness (QED) is 0.887. The molecule has 1 amide bonds. The summed E-state index contributed by atoms with van der Waals surface area (Å²) in [6, 6.07) is 2.73. The fourth-order valence-electron chi connectivity index (χ4n) is 2.78. The Morgan fingerprint density at radius 3 is 2.82 bits per heavy atom. The molecular weight excluding hydrogens is 278 g/mol. The molecule has 0 aliphatic heterocycles. The second kappa shape index (κ2) is 4.97. The van der Waals surface area contributed by atoms with Crippen LogP contribution < -0.4 is 10.6 Å². The first-order valence-corrected chi connectivity index (χ1v) is 8.04. The van der Waals surface area contributed by atoms with Crippen LogP contribution >= 0.6 is 0 Å². The largest absolute Gasteiger partial charge is 0.367 e. The lowest BCUT2D eigenvalue weighted by Gasteiger charge is -2.12. The number of aryl methyl sites for hydroxylation is 1. The predicted molar refractivity (Wildman–Crippen MR) is 84.0 cm³/mol. The number of rotatable bonds is 5. The standard InChI is InChI=1S/C16H21N5O/c1-9-7-14(19-12-5-6-12)20-15-13(8-17-21(9)15)16(22)18-10(2)11-3-4-11/h7-8,10-12H,3-6H2,1-2H3,(H,18,22)(H,19,20). The van der Waals surface area contributed by atoms with E-state index in [-0.39, 0.29) is 11.9 Å². The van der Waals surface area contributed by atoms with Gasteiger partial charge in [-0.3, -0.25) is 4.79 Å². The molecule has 2 aromatic rings. The molecule has 2 aliphatic carbocycles. The van der Waals surface area contributed by atoms with Crippen molar-refractivity contribution in [2.75, 3.05) is 5.32 Å². The zero-order chi connectivity index (χ0) is 15.3. The number of fused-ring (bicyclic) bond motifs is 1. The molecule has 2 heterocycles. The van der Waals surface area contributed by atoms with E-state index >= 15 is 0 Å². The molecule has 6 nitrogen and oxygen atoms in total. The molecule has 2 saturated carbocycles. The zero-order valence-electron chi connectivity index (χ0n) is 13.0. The third-order valence-electron chi connectivity index (χ3n) is 4.51. The summed E-state index contributed by atoms with van der Waals surface area (Å²) in [4.78, 5) is 17.1. The third kappa shape index (κ3) is 2.53. The van der Waals surface area contributed by atoms with E-state index in [1.54, 1.807) is 10.7 Å². The molecule has 0 bridgehead atoms. The molecular formula is C16H21N5O. The molecule has 2 aromatic heterocycles. The summed E-state index contributed by atoms with van der Waals surface area (Å²) in [5, 5.41) is 10.8. The SMILES string of the molecule is Cc1cc(NC2CC2)nc2c(C(=O)NC(C)C3CC3)cnn12. The van der Waals surface area contributed by atoms with E-state index in [0.29, 0.717) is 23.2 Å². The Kier molecular flexibility index (Phi) is 3.06. The fraction of sp³-hybridized carbons (Fsp3) is 0.562. The Balaban J connectivity index is 1.64. The zero-order valence-corrected chi connectivity index (χ0v) is 13.0. The molecule has 0 saturated heterocycles. The number of carbonyl (C=O) groups is 1. The Hall–Kier alpha value is -2.11. The molecule has 1 atom stereocenters. The summed E-state index contributed by atoms with van der Waals surface area (Å²) in [7, 11) is 0. The van der Waals surface area contributed by atoms with E-state index in [0.717, 1.165) is 11.5 Å². The number of nitrogens with zero attached hydrogens (tertiary/aromatic N) is 3. The number of anilines is 1. The fourth-order valence-corrected chi connectivity index (χ4v) is 2.78. The lowest BCUT2D eigenvalue weighted by molar-refractivity contribution is 0.0937. The van der Waals surface area contributed by atoms with Crippen LogP contribution in [0, 0.1) is 12.8 Å². The number of hydrogen-bond acceptors (Lipinski definition) is 4. The summed E-state index contributed by atoms with van der Waals surface area (Å²) in [5.41, 5.74) is 2.15. The number of amides is 1. The van der Waals surface area contributed by atoms with Crippen LogP contribution in [-0.4, -0.2) is 32.6 Å². The van der Waals surface area contributed by atoms with Gasteiger partial charge in [0.2, 0.25) is 0 Å². The van der Waals surface area contributed by atoms with Gasteiger partial charge < -0.3 is 10.6 Å². The molecule has 0 radical (unpaired) electrons. The van der Waals surface area contributed by atoms with Crippen molar-refractivity contribution in [3.63, 3.8) is 0 Å².